The van der Waals surface area contributed by atoms with Gasteiger partial charge in [-0.2, -0.15) is 0 Å². The quantitative estimate of drug-likeness (QED) is 0.386. The van der Waals surface area contributed by atoms with Crippen molar-refractivity contribution in [1.82, 2.24) is 14.1 Å². The van der Waals surface area contributed by atoms with Gasteiger partial charge in [-0.3, -0.25) is 14.2 Å². The minimum Gasteiger partial charge on any atom is -0.481 e. The number of hydrogen-bond acceptors (Lipinski definition) is 3. The molecule has 0 aliphatic carbocycles. The molecule has 4 aromatic rings. The lowest BCUT2D eigenvalue weighted by molar-refractivity contribution is -0.139. The van der Waals surface area contributed by atoms with Crippen molar-refractivity contribution in [2.75, 3.05) is 0 Å². The van der Waals surface area contributed by atoms with E-state index in [2.05, 4.69) is 4.57 Å². The Balaban J connectivity index is 1.91. The van der Waals surface area contributed by atoms with Crippen LogP contribution >= 0.6 is 0 Å². The average Bonchev–Trinajstić information content (AvgIpc) is 3.25. The summed E-state index contributed by atoms with van der Waals surface area (Å²) < 4.78 is 3.93. The molecule has 5 rings (SSSR count). The molecule has 1 atom stereocenters. The highest BCUT2D eigenvalue weighted by atomic mass is 16.4. The number of benzene rings is 2. The van der Waals surface area contributed by atoms with Crippen LogP contribution in [0.5, 0.6) is 0 Å². The molecule has 6 heteroatoms. The number of hydrogen-bond donors (Lipinski definition) is 1. The Morgan fingerprint density at radius 1 is 1.09 bits per heavy atom. The van der Waals surface area contributed by atoms with E-state index in [0.717, 1.165) is 59.4 Å². The summed E-state index contributed by atoms with van der Waals surface area (Å²) in [5.41, 5.74) is 5.35. The standard InChI is InChI=1S/C29H31N3O3/c1-3-9-22(29(34)35)25-24(21-15-13-19(2)14-16-21)26-27(30-23-12-7-8-17-31(23)26)32(28(25)33)18-20-10-5-4-6-11-20/h4-6,10-11,13-16,22H,3,7-9,12,17-18H2,1-2H3,(H,34,35). The Hall–Kier alpha value is -3.67. The minimum absolute atomic E-state index is 0.256. The molecule has 3 heterocycles. The molecule has 1 aliphatic rings. The predicted molar refractivity (Wildman–Crippen MR) is 138 cm³/mol. The van der Waals surface area contributed by atoms with Crippen LogP contribution in [0.15, 0.2) is 59.4 Å². The molecule has 0 spiro atoms. The fraction of sp³-hybridized carbons (Fsp3) is 0.345. The maximum Gasteiger partial charge on any atom is 0.311 e. The van der Waals surface area contributed by atoms with E-state index in [1.54, 1.807) is 4.57 Å². The van der Waals surface area contributed by atoms with Crippen molar-refractivity contribution in [2.45, 2.75) is 65.0 Å². The van der Waals surface area contributed by atoms with E-state index in [0.29, 0.717) is 30.6 Å². The zero-order chi connectivity index (χ0) is 24.5. The van der Waals surface area contributed by atoms with Crippen LogP contribution in [0.4, 0.5) is 0 Å². The average molecular weight is 470 g/mol. The number of rotatable bonds is 7. The molecule has 1 N–H and O–H groups in total. The summed E-state index contributed by atoms with van der Waals surface area (Å²) in [5.74, 6) is -0.869. The van der Waals surface area contributed by atoms with Crippen molar-refractivity contribution < 1.29 is 9.90 Å². The van der Waals surface area contributed by atoms with Crippen molar-refractivity contribution in [3.63, 3.8) is 0 Å². The minimum atomic E-state index is -0.957. The van der Waals surface area contributed by atoms with Gasteiger partial charge in [0.15, 0.2) is 5.65 Å². The second-order valence-corrected chi connectivity index (χ2v) is 9.52. The number of carboxylic acid groups (broad SMARTS) is 1. The first kappa shape index (κ1) is 23.1. The Kier molecular flexibility index (Phi) is 6.29. The van der Waals surface area contributed by atoms with Gasteiger partial charge in [-0.15, -0.1) is 0 Å². The van der Waals surface area contributed by atoms with Crippen LogP contribution < -0.4 is 5.56 Å². The van der Waals surface area contributed by atoms with E-state index < -0.39 is 11.9 Å². The number of imidazole rings is 1. The lowest BCUT2D eigenvalue weighted by atomic mass is 9.87. The number of aryl methyl sites for hydroxylation is 3. The Bertz CT molecular complexity index is 1430. The number of carboxylic acids is 1. The molecule has 2 aromatic heterocycles. The maximum atomic E-state index is 14.2. The van der Waals surface area contributed by atoms with Gasteiger partial charge in [-0.05, 0) is 37.3 Å². The number of fused-ring (bicyclic) bond motifs is 3. The SMILES string of the molecule is CCCC(C(=O)O)c1c(-c2ccc(C)cc2)c2c(nc3n2CCCC3)n(Cc2ccccc2)c1=O. The van der Waals surface area contributed by atoms with Crippen LogP contribution in [0.1, 0.15) is 61.0 Å². The second-order valence-electron chi connectivity index (χ2n) is 9.52. The van der Waals surface area contributed by atoms with Gasteiger partial charge in [-0.25, -0.2) is 4.98 Å². The van der Waals surface area contributed by atoms with Gasteiger partial charge in [-0.1, -0.05) is 73.5 Å². The Morgan fingerprint density at radius 3 is 2.51 bits per heavy atom. The summed E-state index contributed by atoms with van der Waals surface area (Å²) in [6, 6.07) is 17.9. The number of pyridine rings is 1. The van der Waals surface area contributed by atoms with Crippen molar-refractivity contribution in [3.05, 3.63) is 87.5 Å². The summed E-state index contributed by atoms with van der Waals surface area (Å²) in [4.78, 5) is 31.8. The molecular formula is C29H31N3O3. The summed E-state index contributed by atoms with van der Waals surface area (Å²) in [7, 11) is 0. The van der Waals surface area contributed by atoms with E-state index in [9.17, 15) is 14.7 Å². The van der Waals surface area contributed by atoms with Crippen LogP contribution in [0.2, 0.25) is 0 Å². The van der Waals surface area contributed by atoms with Gasteiger partial charge in [0, 0.05) is 24.1 Å². The summed E-state index contributed by atoms with van der Waals surface area (Å²) in [6.45, 7) is 5.16. The van der Waals surface area contributed by atoms with Crippen LogP contribution in [0, 0.1) is 6.92 Å². The molecule has 1 aliphatic heterocycles. The third-order valence-corrected chi connectivity index (χ3v) is 7.05. The lowest BCUT2D eigenvalue weighted by Crippen LogP contribution is -2.30. The third kappa shape index (κ3) is 4.18. The van der Waals surface area contributed by atoms with E-state index in [4.69, 9.17) is 4.98 Å². The van der Waals surface area contributed by atoms with Gasteiger partial charge in [0.2, 0.25) is 0 Å². The Labute approximate surface area is 204 Å². The highest BCUT2D eigenvalue weighted by Gasteiger charge is 2.32. The van der Waals surface area contributed by atoms with Gasteiger partial charge in [0.05, 0.1) is 18.0 Å². The lowest BCUT2D eigenvalue weighted by Gasteiger charge is -2.22. The van der Waals surface area contributed by atoms with Crippen molar-refractivity contribution >= 4 is 17.1 Å². The zero-order valence-electron chi connectivity index (χ0n) is 20.3. The van der Waals surface area contributed by atoms with Crippen LogP contribution in [-0.2, 0) is 24.3 Å². The smallest absolute Gasteiger partial charge is 0.311 e. The highest BCUT2D eigenvalue weighted by Crippen LogP contribution is 2.37. The molecule has 0 amide bonds. The van der Waals surface area contributed by atoms with Crippen molar-refractivity contribution in [1.29, 1.82) is 0 Å². The predicted octanol–water partition coefficient (Wildman–Crippen LogP) is 5.53. The molecule has 0 fully saturated rings. The molecule has 0 radical (unpaired) electrons. The van der Waals surface area contributed by atoms with Gasteiger partial charge in [0.25, 0.3) is 5.56 Å². The largest absolute Gasteiger partial charge is 0.481 e. The van der Waals surface area contributed by atoms with Crippen LogP contribution in [0.25, 0.3) is 22.3 Å². The molecule has 0 saturated carbocycles. The van der Waals surface area contributed by atoms with E-state index >= 15 is 0 Å². The number of carbonyl (C=O) groups is 1. The monoisotopic (exact) mass is 469 g/mol. The highest BCUT2D eigenvalue weighted by molar-refractivity contribution is 5.95. The van der Waals surface area contributed by atoms with Crippen molar-refractivity contribution in [3.8, 4) is 11.1 Å². The van der Waals surface area contributed by atoms with Gasteiger partial charge >= 0.3 is 5.97 Å². The fourth-order valence-corrected chi connectivity index (χ4v) is 5.31. The van der Waals surface area contributed by atoms with Gasteiger partial charge < -0.3 is 9.67 Å². The molecule has 6 nitrogen and oxygen atoms in total. The van der Waals surface area contributed by atoms with Gasteiger partial charge in [0.1, 0.15) is 5.82 Å². The summed E-state index contributed by atoms with van der Waals surface area (Å²) >= 11 is 0. The molecule has 0 bridgehead atoms. The van der Waals surface area contributed by atoms with Crippen LogP contribution in [-0.4, -0.2) is 25.2 Å². The molecule has 2 aromatic carbocycles. The summed E-state index contributed by atoms with van der Waals surface area (Å²) in [6.07, 6.45) is 4.03. The number of aliphatic carboxylic acids is 1. The first-order valence-electron chi connectivity index (χ1n) is 12.5. The van der Waals surface area contributed by atoms with E-state index in [1.807, 2.05) is 68.4 Å². The first-order chi connectivity index (χ1) is 17.0. The summed E-state index contributed by atoms with van der Waals surface area (Å²) in [5, 5.41) is 10.3. The second kappa shape index (κ2) is 9.53. The number of aromatic nitrogens is 3. The van der Waals surface area contributed by atoms with E-state index in [1.165, 1.54) is 0 Å². The van der Waals surface area contributed by atoms with E-state index in [-0.39, 0.29) is 5.56 Å². The molecule has 1 unspecified atom stereocenters. The van der Waals surface area contributed by atoms with Crippen molar-refractivity contribution in [2.24, 2.45) is 0 Å². The normalized spacial score (nSPS) is 14.1. The zero-order valence-corrected chi connectivity index (χ0v) is 20.3. The first-order valence-corrected chi connectivity index (χ1v) is 12.5. The molecule has 35 heavy (non-hydrogen) atoms. The third-order valence-electron chi connectivity index (χ3n) is 7.05. The molecule has 0 saturated heterocycles. The molecule has 180 valence electrons. The fourth-order valence-electron chi connectivity index (χ4n) is 5.31. The molecular weight excluding hydrogens is 438 g/mol. The maximum absolute atomic E-state index is 14.2. The van der Waals surface area contributed by atoms with Crippen LogP contribution in [0.3, 0.4) is 0 Å². The topological polar surface area (TPSA) is 77.1 Å². The number of nitrogens with zero attached hydrogens (tertiary/aromatic N) is 3. The Morgan fingerprint density at radius 2 is 1.83 bits per heavy atom.